The largest absolute Gasteiger partial charge is 0.478 e. The van der Waals surface area contributed by atoms with Gasteiger partial charge < -0.3 is 20.4 Å². The summed E-state index contributed by atoms with van der Waals surface area (Å²) in [4.78, 5) is 37.6. The summed E-state index contributed by atoms with van der Waals surface area (Å²) < 4.78 is 0. The molecule has 5 aliphatic rings. The molecule has 1 heterocycles. The van der Waals surface area contributed by atoms with Gasteiger partial charge >= 0.3 is 11.9 Å². The Morgan fingerprint density at radius 1 is 1.03 bits per heavy atom. The van der Waals surface area contributed by atoms with Crippen molar-refractivity contribution in [3.63, 3.8) is 0 Å². The molecule has 0 aromatic rings. The molecule has 5 rings (SSSR count). The molecule has 1 saturated heterocycles. The maximum Gasteiger partial charge on any atom is 0.328 e. The molecule has 3 N–H and O–H groups in total. The van der Waals surface area contributed by atoms with E-state index in [2.05, 4.69) is 31.2 Å². The second-order valence-corrected chi connectivity index (χ2v) is 12.2. The summed E-state index contributed by atoms with van der Waals surface area (Å²) in [6.45, 7) is 9.36. The van der Waals surface area contributed by atoms with Crippen LogP contribution in [0, 0.1) is 40.4 Å². The van der Waals surface area contributed by atoms with Gasteiger partial charge in [0, 0.05) is 37.0 Å². The fourth-order valence-corrected chi connectivity index (χ4v) is 8.39. The van der Waals surface area contributed by atoms with Crippen LogP contribution >= 0.6 is 0 Å². The van der Waals surface area contributed by atoms with Gasteiger partial charge in [-0.25, -0.2) is 9.59 Å². The molecule has 8 nitrogen and oxygen atoms in total. The van der Waals surface area contributed by atoms with E-state index in [1.807, 2.05) is 0 Å². The van der Waals surface area contributed by atoms with Crippen molar-refractivity contribution in [3.05, 3.63) is 12.2 Å². The van der Waals surface area contributed by atoms with Crippen LogP contribution in [-0.2, 0) is 19.2 Å². The number of fused-ring (bicyclic) bond motifs is 5. The highest BCUT2D eigenvalue weighted by molar-refractivity contribution is 5.89. The van der Waals surface area contributed by atoms with Crippen molar-refractivity contribution in [2.45, 2.75) is 84.7 Å². The number of hydrogen-bond acceptors (Lipinski definition) is 6. The van der Waals surface area contributed by atoms with E-state index in [9.17, 15) is 14.4 Å². The number of carbonyl (C=O) groups is 3. The van der Waals surface area contributed by atoms with Crippen LogP contribution in [0.1, 0.15) is 78.6 Å². The molecule has 1 unspecified atom stereocenters. The lowest BCUT2D eigenvalue weighted by molar-refractivity contribution is -0.141. The first kappa shape index (κ1) is 26.8. The number of carboxylic acid groups (broad SMARTS) is 2. The first-order chi connectivity index (χ1) is 17.0. The highest BCUT2D eigenvalue weighted by Crippen LogP contribution is 2.66. The first-order valence-corrected chi connectivity index (χ1v) is 13.6. The van der Waals surface area contributed by atoms with Crippen LogP contribution in [0.4, 0.5) is 0 Å². The van der Waals surface area contributed by atoms with E-state index in [1.54, 1.807) is 0 Å². The van der Waals surface area contributed by atoms with Crippen molar-refractivity contribution >= 4 is 23.4 Å². The van der Waals surface area contributed by atoms with Gasteiger partial charge in [0.05, 0.1) is 5.71 Å². The molecule has 8 atom stereocenters. The van der Waals surface area contributed by atoms with E-state index in [0.717, 1.165) is 75.3 Å². The predicted octanol–water partition coefficient (Wildman–Crippen LogP) is 4.29. The van der Waals surface area contributed by atoms with Crippen molar-refractivity contribution in [2.75, 3.05) is 13.1 Å². The summed E-state index contributed by atoms with van der Waals surface area (Å²) in [7, 11) is 0. The topological polar surface area (TPSA) is 125 Å². The number of ketones is 1. The standard InChI is InChI=1S/C24H38N2O2.C4H4O4/c1-15-12-18-19-4-5-22(27)24(19,3)10-7-20(18)23(2)9-6-16(13-21(15)23)26-28-17-8-11-25-14-17;5-3(6)1-2-4(7)8/h15,17-21,25H,4-14H2,1-3H3;1-2H,(H,5,6)(H,7,8)/b26-16+;2-1+/t15-,17+,18-,19-,20-,21?,23+,24-;/m0./s1. The van der Waals surface area contributed by atoms with Crippen LogP contribution in [0.25, 0.3) is 0 Å². The molecule has 36 heavy (non-hydrogen) atoms. The van der Waals surface area contributed by atoms with Gasteiger partial charge in [0.25, 0.3) is 0 Å². The van der Waals surface area contributed by atoms with E-state index < -0.39 is 11.9 Å². The number of hydrogen-bond donors (Lipinski definition) is 3. The number of nitrogens with zero attached hydrogens (tertiary/aromatic N) is 1. The van der Waals surface area contributed by atoms with Gasteiger partial charge in [0.2, 0.25) is 0 Å². The smallest absolute Gasteiger partial charge is 0.328 e. The Labute approximate surface area is 213 Å². The first-order valence-electron chi connectivity index (χ1n) is 13.6. The summed E-state index contributed by atoms with van der Waals surface area (Å²) in [6, 6.07) is 0. The predicted molar refractivity (Wildman–Crippen MR) is 135 cm³/mol. The molecule has 4 aliphatic carbocycles. The normalized spacial score (nSPS) is 42.8. The molecule has 0 radical (unpaired) electrons. The van der Waals surface area contributed by atoms with E-state index >= 15 is 0 Å². The summed E-state index contributed by atoms with van der Waals surface area (Å²) in [5.41, 5.74) is 1.72. The molecule has 0 aromatic carbocycles. The molecule has 1 aliphatic heterocycles. The van der Waals surface area contributed by atoms with Crippen LogP contribution in [0.5, 0.6) is 0 Å². The minimum absolute atomic E-state index is 0.00543. The molecule has 5 fully saturated rings. The number of rotatable bonds is 4. The molecule has 0 bridgehead atoms. The minimum atomic E-state index is -1.26. The van der Waals surface area contributed by atoms with Gasteiger partial charge in [-0.15, -0.1) is 0 Å². The highest BCUT2D eigenvalue weighted by atomic mass is 16.6. The highest BCUT2D eigenvalue weighted by Gasteiger charge is 2.61. The van der Waals surface area contributed by atoms with E-state index in [0.29, 0.717) is 29.3 Å². The maximum absolute atomic E-state index is 12.6. The van der Waals surface area contributed by atoms with Crippen LogP contribution in [0.15, 0.2) is 17.3 Å². The van der Waals surface area contributed by atoms with E-state index in [-0.39, 0.29) is 11.5 Å². The lowest BCUT2D eigenvalue weighted by Crippen LogP contribution is -2.56. The average molecular weight is 503 g/mol. The van der Waals surface area contributed by atoms with Gasteiger partial charge in [-0.1, -0.05) is 25.9 Å². The Hall–Kier alpha value is -2.22. The number of carbonyl (C=O) groups excluding carboxylic acids is 1. The summed E-state index contributed by atoms with van der Waals surface area (Å²) >= 11 is 0. The Morgan fingerprint density at radius 3 is 2.39 bits per heavy atom. The number of carboxylic acids is 2. The van der Waals surface area contributed by atoms with Gasteiger partial charge in [-0.3, -0.25) is 4.79 Å². The van der Waals surface area contributed by atoms with Gasteiger partial charge in [0.15, 0.2) is 0 Å². The summed E-state index contributed by atoms with van der Waals surface area (Å²) in [5, 5.41) is 23.6. The average Bonchev–Trinajstić information content (AvgIpc) is 3.45. The molecule has 8 heteroatoms. The van der Waals surface area contributed by atoms with Crippen LogP contribution in [0.2, 0.25) is 0 Å². The fraction of sp³-hybridized carbons (Fsp3) is 0.786. The summed E-state index contributed by atoms with van der Waals surface area (Å²) in [6.07, 6.45) is 11.7. The molecule has 0 aromatic heterocycles. The Balaban J connectivity index is 0.000000331. The molecule has 0 spiro atoms. The zero-order valence-electron chi connectivity index (χ0n) is 21.9. The second kappa shape index (κ2) is 10.6. The second-order valence-electron chi connectivity index (χ2n) is 12.2. The van der Waals surface area contributed by atoms with Gasteiger partial charge in [-0.2, -0.15) is 0 Å². The van der Waals surface area contributed by atoms with Crippen molar-refractivity contribution in [1.29, 1.82) is 0 Å². The van der Waals surface area contributed by atoms with Crippen LogP contribution < -0.4 is 5.32 Å². The van der Waals surface area contributed by atoms with Crippen LogP contribution in [0.3, 0.4) is 0 Å². The van der Waals surface area contributed by atoms with Gasteiger partial charge in [-0.05, 0) is 86.5 Å². The quantitative estimate of drug-likeness (QED) is 0.387. The monoisotopic (exact) mass is 502 g/mol. The molecule has 4 saturated carbocycles. The molecular formula is C28H42N2O6. The summed E-state index contributed by atoms with van der Waals surface area (Å²) in [5.74, 6) is 1.72. The molecule has 200 valence electrons. The molecule has 0 amide bonds. The third-order valence-electron chi connectivity index (χ3n) is 10.3. The lowest BCUT2D eigenvalue weighted by Gasteiger charge is -2.61. The number of Topliss-reactive ketones (excluding diaryl/α,β-unsaturated/α-hetero) is 1. The Bertz CT molecular complexity index is 909. The van der Waals surface area contributed by atoms with Crippen molar-refractivity contribution in [3.8, 4) is 0 Å². The lowest BCUT2D eigenvalue weighted by atomic mass is 9.43. The zero-order chi connectivity index (χ0) is 26.1. The molecular weight excluding hydrogens is 460 g/mol. The third kappa shape index (κ3) is 5.24. The fourth-order valence-electron chi connectivity index (χ4n) is 8.39. The Kier molecular flexibility index (Phi) is 7.93. The SMILES string of the molecule is C[C@H]1C[C@@H]2[C@H](CC[C@]3(C)C(=O)CC[C@@H]23)[C@@]2(C)CC/C(=N\O[C@@H]3CCNC3)CC12.O=C(O)/C=C/C(=O)O. The van der Waals surface area contributed by atoms with Crippen molar-refractivity contribution in [2.24, 2.45) is 45.6 Å². The third-order valence-corrected chi connectivity index (χ3v) is 10.3. The number of nitrogens with one attached hydrogen (secondary N) is 1. The maximum atomic E-state index is 12.6. The van der Waals surface area contributed by atoms with Crippen molar-refractivity contribution < 1.29 is 29.4 Å². The van der Waals surface area contributed by atoms with Crippen molar-refractivity contribution in [1.82, 2.24) is 5.32 Å². The zero-order valence-corrected chi connectivity index (χ0v) is 21.9. The number of aliphatic carboxylic acids is 2. The Morgan fingerprint density at radius 2 is 1.75 bits per heavy atom. The number of oxime groups is 1. The van der Waals surface area contributed by atoms with Crippen LogP contribution in [-0.4, -0.2) is 52.8 Å². The van der Waals surface area contributed by atoms with E-state index in [4.69, 9.17) is 15.1 Å². The minimum Gasteiger partial charge on any atom is -0.478 e. The van der Waals surface area contributed by atoms with E-state index in [1.165, 1.54) is 25.0 Å². The van der Waals surface area contributed by atoms with Gasteiger partial charge in [0.1, 0.15) is 11.9 Å².